The van der Waals surface area contributed by atoms with E-state index in [0.29, 0.717) is 6.61 Å². The minimum atomic E-state index is 0.451. The third-order valence-corrected chi connectivity index (χ3v) is 3.51. The van der Waals surface area contributed by atoms with Gasteiger partial charge in [-0.3, -0.25) is 0 Å². The summed E-state index contributed by atoms with van der Waals surface area (Å²) in [5, 5.41) is 8.43. The first-order valence-corrected chi connectivity index (χ1v) is 7.23. The molecule has 0 saturated carbocycles. The fraction of sp³-hybridized carbons (Fsp3) is 0.429. The Morgan fingerprint density at radius 2 is 2.16 bits per heavy atom. The first-order chi connectivity index (χ1) is 9.20. The van der Waals surface area contributed by atoms with Crippen molar-refractivity contribution in [3.05, 3.63) is 35.0 Å². The summed E-state index contributed by atoms with van der Waals surface area (Å²) < 4.78 is 9.79. The van der Waals surface area contributed by atoms with Crippen molar-refractivity contribution in [3.63, 3.8) is 0 Å². The number of aromatic nitrogens is 2. The molecule has 0 aliphatic carbocycles. The van der Waals surface area contributed by atoms with E-state index in [2.05, 4.69) is 47.8 Å². The maximum absolute atomic E-state index is 5.82. The van der Waals surface area contributed by atoms with Gasteiger partial charge in [0.15, 0.2) is 0 Å². The number of nitrogens with one attached hydrogen (secondary N) is 1. The van der Waals surface area contributed by atoms with Crippen molar-refractivity contribution in [2.24, 2.45) is 0 Å². The zero-order valence-electron chi connectivity index (χ0n) is 11.6. The molecule has 0 amide bonds. The van der Waals surface area contributed by atoms with Crippen LogP contribution in [0.1, 0.15) is 30.2 Å². The van der Waals surface area contributed by atoms with Gasteiger partial charge >= 0.3 is 0 Å². The molecule has 0 unspecified atom stereocenters. The van der Waals surface area contributed by atoms with Gasteiger partial charge in [-0.15, -0.1) is 5.10 Å². The van der Waals surface area contributed by atoms with Gasteiger partial charge < -0.3 is 10.1 Å². The van der Waals surface area contributed by atoms with Crippen molar-refractivity contribution in [3.8, 4) is 5.75 Å². The molecule has 5 heteroatoms. The van der Waals surface area contributed by atoms with Crippen LogP contribution >= 0.6 is 11.5 Å². The molecular formula is C14H19N3OS. The van der Waals surface area contributed by atoms with E-state index in [1.807, 2.05) is 6.07 Å². The Morgan fingerprint density at radius 1 is 1.32 bits per heavy atom. The molecule has 1 aromatic carbocycles. The van der Waals surface area contributed by atoms with E-state index in [0.717, 1.165) is 35.0 Å². The van der Waals surface area contributed by atoms with Crippen LogP contribution in [0.5, 0.6) is 5.75 Å². The molecule has 0 bridgehead atoms. The summed E-state index contributed by atoms with van der Waals surface area (Å²) in [5.74, 6) is 0.903. The van der Waals surface area contributed by atoms with Crippen LogP contribution < -0.4 is 10.1 Å². The molecule has 19 heavy (non-hydrogen) atoms. The number of aryl methyl sites for hydroxylation is 2. The molecule has 1 heterocycles. The SMILES string of the molecule is CCCNc1snnc1COc1ccc(C)cc1C. The van der Waals surface area contributed by atoms with Gasteiger partial charge in [0.05, 0.1) is 0 Å². The van der Waals surface area contributed by atoms with E-state index >= 15 is 0 Å². The molecule has 2 rings (SSSR count). The normalized spacial score (nSPS) is 10.5. The number of nitrogens with zero attached hydrogens (tertiary/aromatic N) is 2. The standard InChI is InChI=1S/C14H19N3OS/c1-4-7-15-14-12(16-17-19-14)9-18-13-6-5-10(2)8-11(13)3/h5-6,8,15H,4,7,9H2,1-3H3. The van der Waals surface area contributed by atoms with Gasteiger partial charge in [0.1, 0.15) is 23.1 Å². The summed E-state index contributed by atoms with van der Waals surface area (Å²) >= 11 is 1.38. The number of ether oxygens (including phenoxy) is 1. The number of rotatable bonds is 6. The quantitative estimate of drug-likeness (QED) is 0.877. The summed E-state index contributed by atoms with van der Waals surface area (Å²) in [7, 11) is 0. The van der Waals surface area contributed by atoms with E-state index < -0.39 is 0 Å². The molecule has 0 atom stereocenters. The van der Waals surface area contributed by atoms with E-state index in [-0.39, 0.29) is 0 Å². The van der Waals surface area contributed by atoms with Crippen molar-refractivity contribution >= 4 is 16.5 Å². The molecular weight excluding hydrogens is 258 g/mol. The highest BCUT2D eigenvalue weighted by molar-refractivity contribution is 7.10. The zero-order valence-corrected chi connectivity index (χ0v) is 12.4. The highest BCUT2D eigenvalue weighted by Gasteiger charge is 2.09. The van der Waals surface area contributed by atoms with Gasteiger partial charge in [-0.1, -0.05) is 29.1 Å². The lowest BCUT2D eigenvalue weighted by Crippen LogP contribution is -2.04. The average molecular weight is 277 g/mol. The third-order valence-electron chi connectivity index (χ3n) is 2.79. The highest BCUT2D eigenvalue weighted by Crippen LogP contribution is 2.23. The average Bonchev–Trinajstić information content (AvgIpc) is 2.83. The monoisotopic (exact) mass is 277 g/mol. The summed E-state index contributed by atoms with van der Waals surface area (Å²) in [6, 6.07) is 6.17. The third kappa shape index (κ3) is 3.67. The molecule has 4 nitrogen and oxygen atoms in total. The predicted octanol–water partition coefficient (Wildman–Crippen LogP) is 3.56. The molecule has 1 aromatic heterocycles. The minimum absolute atomic E-state index is 0.451. The molecule has 2 aromatic rings. The van der Waals surface area contributed by atoms with Crippen molar-refractivity contribution in [1.29, 1.82) is 0 Å². The Hall–Kier alpha value is -1.62. The van der Waals surface area contributed by atoms with Crippen LogP contribution in [0.3, 0.4) is 0 Å². The maximum Gasteiger partial charge on any atom is 0.136 e. The van der Waals surface area contributed by atoms with Gasteiger partial charge in [-0.25, -0.2) is 0 Å². The van der Waals surface area contributed by atoms with Gasteiger partial charge in [-0.05, 0) is 31.9 Å². The summed E-state index contributed by atoms with van der Waals surface area (Å²) in [6.07, 6.45) is 1.08. The molecule has 1 N–H and O–H groups in total. The van der Waals surface area contributed by atoms with E-state index in [4.69, 9.17) is 4.74 Å². The molecule has 0 aliphatic rings. The Kier molecular flexibility index (Phi) is 4.74. The van der Waals surface area contributed by atoms with Gasteiger partial charge in [0, 0.05) is 18.1 Å². The Morgan fingerprint density at radius 3 is 2.89 bits per heavy atom. The second-order valence-corrected chi connectivity index (χ2v) is 5.29. The van der Waals surface area contributed by atoms with E-state index in [9.17, 15) is 0 Å². The molecule has 0 saturated heterocycles. The van der Waals surface area contributed by atoms with Gasteiger partial charge in [-0.2, -0.15) is 0 Å². The second kappa shape index (κ2) is 6.52. The number of benzene rings is 1. The van der Waals surface area contributed by atoms with Gasteiger partial charge in [0.25, 0.3) is 0 Å². The van der Waals surface area contributed by atoms with Crippen LogP contribution in [0.2, 0.25) is 0 Å². The largest absolute Gasteiger partial charge is 0.487 e. The van der Waals surface area contributed by atoms with Crippen molar-refractivity contribution in [1.82, 2.24) is 9.59 Å². The van der Waals surface area contributed by atoms with Crippen molar-refractivity contribution < 1.29 is 4.74 Å². The van der Waals surface area contributed by atoms with Crippen LogP contribution in [0.25, 0.3) is 0 Å². The fourth-order valence-corrected chi connectivity index (χ4v) is 2.38. The number of anilines is 1. The lowest BCUT2D eigenvalue weighted by molar-refractivity contribution is 0.299. The zero-order chi connectivity index (χ0) is 13.7. The lowest BCUT2D eigenvalue weighted by atomic mass is 10.1. The minimum Gasteiger partial charge on any atom is -0.487 e. The first-order valence-electron chi connectivity index (χ1n) is 6.46. The van der Waals surface area contributed by atoms with E-state index in [1.54, 1.807) is 0 Å². The fourth-order valence-electron chi connectivity index (χ4n) is 1.78. The second-order valence-electron chi connectivity index (χ2n) is 4.53. The molecule has 102 valence electrons. The van der Waals surface area contributed by atoms with Crippen LogP contribution in [-0.2, 0) is 6.61 Å². The summed E-state index contributed by atoms with van der Waals surface area (Å²) in [6.45, 7) is 7.64. The van der Waals surface area contributed by atoms with Crippen molar-refractivity contribution in [2.45, 2.75) is 33.8 Å². The Labute approximate surface area is 118 Å². The smallest absolute Gasteiger partial charge is 0.136 e. The first kappa shape index (κ1) is 13.8. The molecule has 0 radical (unpaired) electrons. The molecule has 0 spiro atoms. The molecule has 0 fully saturated rings. The van der Waals surface area contributed by atoms with E-state index in [1.165, 1.54) is 17.1 Å². The van der Waals surface area contributed by atoms with Crippen LogP contribution in [0, 0.1) is 13.8 Å². The lowest BCUT2D eigenvalue weighted by Gasteiger charge is -2.09. The topological polar surface area (TPSA) is 47.0 Å². The van der Waals surface area contributed by atoms with Gasteiger partial charge in [0.2, 0.25) is 0 Å². The maximum atomic E-state index is 5.82. The van der Waals surface area contributed by atoms with Crippen LogP contribution in [0.15, 0.2) is 18.2 Å². The Balaban J connectivity index is 2.00. The van der Waals surface area contributed by atoms with Crippen molar-refractivity contribution in [2.75, 3.05) is 11.9 Å². The predicted molar refractivity (Wildman–Crippen MR) is 78.9 cm³/mol. The highest BCUT2D eigenvalue weighted by atomic mass is 32.1. The summed E-state index contributed by atoms with van der Waals surface area (Å²) in [4.78, 5) is 0. The van der Waals surface area contributed by atoms with Crippen LogP contribution in [0.4, 0.5) is 5.00 Å². The van der Waals surface area contributed by atoms with Crippen LogP contribution in [-0.4, -0.2) is 16.1 Å². The Bertz CT molecular complexity index is 539. The number of hydrogen-bond acceptors (Lipinski definition) is 5. The molecule has 0 aliphatic heterocycles. The number of hydrogen-bond donors (Lipinski definition) is 1. The summed E-state index contributed by atoms with van der Waals surface area (Å²) in [5.41, 5.74) is 3.26.